The van der Waals surface area contributed by atoms with E-state index in [-0.39, 0.29) is 11.2 Å². The zero-order chi connectivity index (χ0) is 21.3. The van der Waals surface area contributed by atoms with E-state index >= 15 is 0 Å². The van der Waals surface area contributed by atoms with E-state index in [2.05, 4.69) is 47.1 Å². The molecule has 0 saturated heterocycles. The smallest absolute Gasteiger partial charge is 0.243 e. The van der Waals surface area contributed by atoms with Crippen molar-refractivity contribution < 1.29 is 9.53 Å². The molecule has 2 heterocycles. The average molecular weight is 400 g/mol. The normalized spacial score (nSPS) is 11.5. The van der Waals surface area contributed by atoms with E-state index in [1.807, 2.05) is 36.4 Å². The van der Waals surface area contributed by atoms with Gasteiger partial charge in [0.25, 0.3) is 0 Å². The van der Waals surface area contributed by atoms with Crippen LogP contribution in [0.5, 0.6) is 11.6 Å². The summed E-state index contributed by atoms with van der Waals surface area (Å²) in [6.45, 7) is 7.99. The summed E-state index contributed by atoms with van der Waals surface area (Å²) in [7, 11) is 0. The Labute approximate surface area is 175 Å². The summed E-state index contributed by atoms with van der Waals surface area (Å²) in [5.41, 5.74) is 3.92. The molecule has 0 amide bonds. The molecule has 0 spiro atoms. The van der Waals surface area contributed by atoms with Crippen LogP contribution in [-0.2, 0) is 5.41 Å². The van der Waals surface area contributed by atoms with Crippen LogP contribution in [0.1, 0.15) is 43.6 Å². The fourth-order valence-corrected chi connectivity index (χ4v) is 3.26. The summed E-state index contributed by atoms with van der Waals surface area (Å²) < 4.78 is 6.20. The maximum atomic E-state index is 11.6. The standard InChI is InChI=1S/C24H24N4O2/c1-15(29)16-11-12-18-20(14-16)28-23(26-18)27-19-9-7-13-25-22(19)30-21-10-6-5-8-17(21)24(2,3)4/h5-14H,1-4H3,(H2,26,27,28). The van der Waals surface area contributed by atoms with Gasteiger partial charge in [-0.2, -0.15) is 0 Å². The van der Waals surface area contributed by atoms with Crippen LogP contribution in [-0.4, -0.2) is 20.7 Å². The molecule has 6 heteroatoms. The summed E-state index contributed by atoms with van der Waals surface area (Å²) in [5.74, 6) is 1.79. The molecule has 0 aliphatic rings. The number of para-hydroxylation sites is 1. The lowest BCUT2D eigenvalue weighted by atomic mass is 9.86. The highest BCUT2D eigenvalue weighted by Crippen LogP contribution is 2.36. The zero-order valence-corrected chi connectivity index (χ0v) is 17.5. The molecule has 4 aromatic rings. The Kier molecular flexibility index (Phi) is 4.99. The predicted octanol–water partition coefficient (Wildman–Crippen LogP) is 5.99. The molecule has 6 nitrogen and oxygen atoms in total. The van der Waals surface area contributed by atoms with Crippen molar-refractivity contribution in [3.05, 3.63) is 71.9 Å². The van der Waals surface area contributed by atoms with Crippen molar-refractivity contribution in [2.75, 3.05) is 5.32 Å². The third-order valence-electron chi connectivity index (χ3n) is 4.81. The van der Waals surface area contributed by atoms with Crippen LogP contribution in [0.25, 0.3) is 11.0 Å². The maximum absolute atomic E-state index is 11.6. The first-order valence-electron chi connectivity index (χ1n) is 9.81. The molecule has 30 heavy (non-hydrogen) atoms. The number of H-pyrrole nitrogens is 1. The Morgan fingerprint density at radius 1 is 1.07 bits per heavy atom. The van der Waals surface area contributed by atoms with Gasteiger partial charge in [-0.25, -0.2) is 9.97 Å². The first kappa shape index (κ1) is 19.6. The minimum atomic E-state index is -0.0634. The number of carbonyl (C=O) groups excluding carboxylic acids is 1. The van der Waals surface area contributed by atoms with Gasteiger partial charge in [0.1, 0.15) is 11.4 Å². The summed E-state index contributed by atoms with van der Waals surface area (Å²) >= 11 is 0. The first-order chi connectivity index (χ1) is 14.3. The van der Waals surface area contributed by atoms with Crippen LogP contribution in [0.4, 0.5) is 11.6 Å². The van der Waals surface area contributed by atoms with Crippen molar-refractivity contribution >= 4 is 28.5 Å². The van der Waals surface area contributed by atoms with Gasteiger partial charge in [-0.3, -0.25) is 4.79 Å². The third kappa shape index (κ3) is 4.03. The molecule has 2 N–H and O–H groups in total. The molecule has 0 aliphatic heterocycles. The monoisotopic (exact) mass is 400 g/mol. The number of nitrogens with zero attached hydrogens (tertiary/aromatic N) is 2. The highest BCUT2D eigenvalue weighted by molar-refractivity contribution is 5.97. The molecule has 0 atom stereocenters. The Morgan fingerprint density at radius 2 is 1.87 bits per heavy atom. The number of benzene rings is 2. The number of hydrogen-bond acceptors (Lipinski definition) is 5. The van der Waals surface area contributed by atoms with E-state index in [1.165, 1.54) is 0 Å². The van der Waals surface area contributed by atoms with Gasteiger partial charge in [0.15, 0.2) is 5.78 Å². The molecule has 0 saturated carbocycles. The van der Waals surface area contributed by atoms with E-state index in [4.69, 9.17) is 4.74 Å². The van der Waals surface area contributed by atoms with Gasteiger partial charge in [-0.1, -0.05) is 39.0 Å². The number of aromatic amines is 1. The van der Waals surface area contributed by atoms with Crippen LogP contribution in [0.2, 0.25) is 0 Å². The fourth-order valence-electron chi connectivity index (χ4n) is 3.26. The fraction of sp³-hybridized carbons (Fsp3) is 0.208. The average Bonchev–Trinajstić information content (AvgIpc) is 3.10. The minimum absolute atomic E-state index is 0.0152. The number of imidazole rings is 1. The number of pyridine rings is 1. The van der Waals surface area contributed by atoms with E-state index in [0.29, 0.717) is 23.1 Å². The molecule has 2 aromatic carbocycles. The van der Waals surface area contributed by atoms with Crippen molar-refractivity contribution in [1.82, 2.24) is 15.0 Å². The lowest BCUT2D eigenvalue weighted by molar-refractivity contribution is 0.101. The van der Waals surface area contributed by atoms with Crippen LogP contribution in [0.3, 0.4) is 0 Å². The number of fused-ring (bicyclic) bond motifs is 1. The molecule has 0 aliphatic carbocycles. The summed E-state index contributed by atoms with van der Waals surface area (Å²) in [6, 6.07) is 17.1. The largest absolute Gasteiger partial charge is 0.437 e. The molecular weight excluding hydrogens is 376 g/mol. The molecule has 0 bridgehead atoms. The van der Waals surface area contributed by atoms with Crippen molar-refractivity contribution in [2.24, 2.45) is 0 Å². The molecule has 152 valence electrons. The second kappa shape index (κ2) is 7.63. The number of nitrogens with one attached hydrogen (secondary N) is 2. The van der Waals surface area contributed by atoms with Crippen LogP contribution in [0.15, 0.2) is 60.8 Å². The third-order valence-corrected chi connectivity index (χ3v) is 4.81. The Bertz CT molecular complexity index is 1220. The summed E-state index contributed by atoms with van der Waals surface area (Å²) in [5, 5.41) is 3.25. The van der Waals surface area contributed by atoms with E-state index in [1.54, 1.807) is 25.3 Å². The topological polar surface area (TPSA) is 79.9 Å². The quantitative estimate of drug-likeness (QED) is 0.402. The highest BCUT2D eigenvalue weighted by atomic mass is 16.5. The van der Waals surface area contributed by atoms with Crippen molar-refractivity contribution in [3.63, 3.8) is 0 Å². The zero-order valence-electron chi connectivity index (χ0n) is 17.5. The number of Topliss-reactive ketones (excluding diaryl/α,β-unsaturated/α-hetero) is 1. The van der Waals surface area contributed by atoms with Gasteiger partial charge in [0.05, 0.1) is 11.0 Å². The van der Waals surface area contributed by atoms with Crippen molar-refractivity contribution in [1.29, 1.82) is 0 Å². The summed E-state index contributed by atoms with van der Waals surface area (Å²) in [6.07, 6.45) is 1.69. The van der Waals surface area contributed by atoms with Gasteiger partial charge < -0.3 is 15.0 Å². The maximum Gasteiger partial charge on any atom is 0.243 e. The van der Waals surface area contributed by atoms with Crippen LogP contribution in [0, 0.1) is 0 Å². The van der Waals surface area contributed by atoms with Gasteiger partial charge in [-0.15, -0.1) is 0 Å². The van der Waals surface area contributed by atoms with Gasteiger partial charge in [0, 0.05) is 17.3 Å². The van der Waals surface area contributed by atoms with E-state index in [0.717, 1.165) is 22.3 Å². The molecule has 0 fully saturated rings. The minimum Gasteiger partial charge on any atom is -0.437 e. The number of hydrogen-bond donors (Lipinski definition) is 2. The lowest BCUT2D eigenvalue weighted by Crippen LogP contribution is -2.12. The van der Waals surface area contributed by atoms with Gasteiger partial charge in [-0.05, 0) is 48.7 Å². The SMILES string of the molecule is CC(=O)c1ccc2nc(Nc3cccnc3Oc3ccccc3C(C)(C)C)[nH]c2c1. The Balaban J connectivity index is 1.65. The molecular formula is C24H24N4O2. The van der Waals surface area contributed by atoms with Gasteiger partial charge >= 0.3 is 0 Å². The predicted molar refractivity (Wildman–Crippen MR) is 119 cm³/mol. The highest BCUT2D eigenvalue weighted by Gasteiger charge is 2.20. The first-order valence-corrected chi connectivity index (χ1v) is 9.81. The second-order valence-electron chi connectivity index (χ2n) is 8.20. The van der Waals surface area contributed by atoms with Crippen molar-refractivity contribution in [2.45, 2.75) is 33.1 Å². The summed E-state index contributed by atoms with van der Waals surface area (Å²) in [4.78, 5) is 23.8. The molecule has 0 unspecified atom stereocenters. The van der Waals surface area contributed by atoms with E-state index < -0.39 is 0 Å². The van der Waals surface area contributed by atoms with Gasteiger partial charge in [0.2, 0.25) is 11.8 Å². The molecule has 0 radical (unpaired) electrons. The molecule has 2 aromatic heterocycles. The lowest BCUT2D eigenvalue weighted by Gasteiger charge is -2.22. The number of carbonyl (C=O) groups is 1. The molecule has 4 rings (SSSR count). The number of aromatic nitrogens is 3. The number of ketones is 1. The number of anilines is 2. The number of ether oxygens (including phenoxy) is 1. The Hall–Kier alpha value is -3.67. The second-order valence-corrected chi connectivity index (χ2v) is 8.20. The van der Waals surface area contributed by atoms with Crippen LogP contribution >= 0.6 is 0 Å². The van der Waals surface area contributed by atoms with Crippen molar-refractivity contribution in [3.8, 4) is 11.6 Å². The van der Waals surface area contributed by atoms with Crippen LogP contribution < -0.4 is 10.1 Å². The Morgan fingerprint density at radius 3 is 2.63 bits per heavy atom. The number of rotatable bonds is 5. The van der Waals surface area contributed by atoms with E-state index in [9.17, 15) is 4.79 Å².